The number of nitro groups is 1. The zero-order valence-corrected chi connectivity index (χ0v) is 19.4. The summed E-state index contributed by atoms with van der Waals surface area (Å²) in [6.07, 6.45) is 4.76. The van der Waals surface area contributed by atoms with E-state index in [2.05, 4.69) is 15.5 Å². The van der Waals surface area contributed by atoms with Gasteiger partial charge in [0.25, 0.3) is 5.69 Å². The van der Waals surface area contributed by atoms with E-state index in [1.54, 1.807) is 0 Å². The molecule has 1 atom stereocenters. The number of rotatable bonds is 10. The molecule has 1 aromatic heterocycles. The van der Waals surface area contributed by atoms with Crippen molar-refractivity contribution in [1.82, 2.24) is 14.5 Å². The number of sulfonamides is 1. The SMILES string of the molecule is CC1CCCN(S(=O)(=O)c2ccc(NCCCCCc3[nH]nc(N)c3C#N)c([N+](=O)[O-])c2)C1. The molecule has 0 aliphatic carbocycles. The van der Waals surface area contributed by atoms with Crippen LogP contribution in [-0.4, -0.2) is 47.5 Å². The number of unbranched alkanes of at least 4 members (excludes halogenated alkanes) is 2. The Bertz CT molecular complexity index is 1140. The van der Waals surface area contributed by atoms with Crippen molar-refractivity contribution in [2.24, 2.45) is 5.92 Å². The van der Waals surface area contributed by atoms with Gasteiger partial charge in [-0.25, -0.2) is 8.42 Å². The van der Waals surface area contributed by atoms with Crippen molar-refractivity contribution in [1.29, 1.82) is 5.26 Å². The molecule has 178 valence electrons. The van der Waals surface area contributed by atoms with E-state index >= 15 is 0 Å². The van der Waals surface area contributed by atoms with Crippen LogP contribution in [0.25, 0.3) is 0 Å². The molecule has 0 saturated carbocycles. The molecule has 2 heterocycles. The standard InChI is InChI=1S/C21H29N7O4S/c1-15-6-5-11-27(14-15)33(31,32)16-8-9-19(20(12-16)28(29)30)24-10-4-2-3-7-18-17(13-22)21(23)26-25-18/h8-9,12,15,24H,2-7,10-11,14H2,1H3,(H3,23,25,26). The number of aromatic amines is 1. The highest BCUT2D eigenvalue weighted by molar-refractivity contribution is 7.89. The Morgan fingerprint density at radius 1 is 1.39 bits per heavy atom. The summed E-state index contributed by atoms with van der Waals surface area (Å²) < 4.78 is 27.3. The number of hydrogen-bond acceptors (Lipinski definition) is 8. The first kappa shape index (κ1) is 24.5. The van der Waals surface area contributed by atoms with Crippen LogP contribution in [-0.2, 0) is 16.4 Å². The number of hydrogen-bond donors (Lipinski definition) is 3. The highest BCUT2D eigenvalue weighted by Crippen LogP contribution is 2.30. The molecule has 4 N–H and O–H groups in total. The normalized spacial score (nSPS) is 16.9. The second-order valence-corrected chi connectivity index (χ2v) is 10.3. The number of anilines is 2. The van der Waals surface area contributed by atoms with Crippen LogP contribution in [0.15, 0.2) is 23.1 Å². The van der Waals surface area contributed by atoms with Crippen LogP contribution in [0.1, 0.15) is 50.3 Å². The Morgan fingerprint density at radius 3 is 2.88 bits per heavy atom. The van der Waals surface area contributed by atoms with Gasteiger partial charge in [-0.3, -0.25) is 15.2 Å². The van der Waals surface area contributed by atoms with E-state index in [-0.39, 0.29) is 22.3 Å². The molecule has 12 heteroatoms. The van der Waals surface area contributed by atoms with Crippen LogP contribution < -0.4 is 11.1 Å². The molecule has 1 aromatic carbocycles. The zero-order valence-electron chi connectivity index (χ0n) is 18.6. The third-order valence-corrected chi connectivity index (χ3v) is 7.68. The van der Waals surface area contributed by atoms with E-state index in [0.29, 0.717) is 43.0 Å². The van der Waals surface area contributed by atoms with Gasteiger partial charge in [0.1, 0.15) is 17.3 Å². The van der Waals surface area contributed by atoms with Gasteiger partial charge < -0.3 is 11.1 Å². The molecule has 1 saturated heterocycles. The number of piperidine rings is 1. The van der Waals surface area contributed by atoms with Crippen molar-refractivity contribution >= 4 is 27.2 Å². The third-order valence-electron chi connectivity index (χ3n) is 5.82. The largest absolute Gasteiger partial charge is 0.381 e. The summed E-state index contributed by atoms with van der Waals surface area (Å²) in [6, 6.07) is 6.06. The number of benzene rings is 1. The smallest absolute Gasteiger partial charge is 0.293 e. The molecule has 0 spiro atoms. The lowest BCUT2D eigenvalue weighted by Gasteiger charge is -2.30. The van der Waals surface area contributed by atoms with E-state index in [0.717, 1.165) is 38.2 Å². The maximum Gasteiger partial charge on any atom is 0.293 e. The van der Waals surface area contributed by atoms with E-state index in [1.807, 2.05) is 13.0 Å². The van der Waals surface area contributed by atoms with Crippen molar-refractivity contribution in [2.75, 3.05) is 30.7 Å². The van der Waals surface area contributed by atoms with E-state index < -0.39 is 14.9 Å². The predicted octanol–water partition coefficient (Wildman–Crippen LogP) is 3.02. The number of nitrogens with two attached hydrogens (primary N) is 1. The number of nitriles is 1. The molecular formula is C21H29N7O4S. The number of nitrogens with zero attached hydrogens (tertiary/aromatic N) is 4. The molecule has 1 aliphatic rings. The van der Waals surface area contributed by atoms with Crippen molar-refractivity contribution < 1.29 is 13.3 Å². The summed E-state index contributed by atoms with van der Waals surface area (Å²) in [4.78, 5) is 11.0. The van der Waals surface area contributed by atoms with E-state index in [9.17, 15) is 18.5 Å². The topological polar surface area (TPSA) is 171 Å². The van der Waals surface area contributed by atoms with Crippen LogP contribution in [0.2, 0.25) is 0 Å². The van der Waals surface area contributed by atoms with Gasteiger partial charge in [-0.1, -0.05) is 13.3 Å². The fourth-order valence-corrected chi connectivity index (χ4v) is 5.63. The minimum Gasteiger partial charge on any atom is -0.381 e. The zero-order chi connectivity index (χ0) is 24.0. The molecule has 1 aliphatic heterocycles. The summed E-state index contributed by atoms with van der Waals surface area (Å²) in [5.41, 5.74) is 6.74. The Kier molecular flexibility index (Phi) is 7.88. The molecule has 11 nitrogen and oxygen atoms in total. The summed E-state index contributed by atoms with van der Waals surface area (Å²) in [5.74, 6) is 0.461. The van der Waals surface area contributed by atoms with Gasteiger partial charge in [0.2, 0.25) is 10.0 Å². The minimum absolute atomic E-state index is 0.0547. The molecule has 2 aromatic rings. The van der Waals surface area contributed by atoms with Crippen molar-refractivity contribution in [3.05, 3.63) is 39.6 Å². The number of aromatic nitrogens is 2. The first-order valence-electron chi connectivity index (χ1n) is 11.0. The summed E-state index contributed by atoms with van der Waals surface area (Å²) in [6.45, 7) is 3.36. The molecule has 0 radical (unpaired) electrons. The average molecular weight is 476 g/mol. The monoisotopic (exact) mass is 475 g/mol. The lowest BCUT2D eigenvalue weighted by atomic mass is 10.0. The lowest BCUT2D eigenvalue weighted by molar-refractivity contribution is -0.384. The van der Waals surface area contributed by atoms with Gasteiger partial charge in [-0.2, -0.15) is 14.7 Å². The third kappa shape index (κ3) is 5.80. The number of aryl methyl sites for hydroxylation is 1. The Morgan fingerprint density at radius 2 is 2.18 bits per heavy atom. The molecule has 33 heavy (non-hydrogen) atoms. The maximum absolute atomic E-state index is 13.0. The molecule has 0 bridgehead atoms. The number of nitrogen functional groups attached to an aromatic ring is 1. The second-order valence-electron chi connectivity index (χ2n) is 8.36. The second kappa shape index (κ2) is 10.6. The van der Waals surface area contributed by atoms with Crippen molar-refractivity contribution in [3.8, 4) is 6.07 Å². The van der Waals surface area contributed by atoms with Crippen LogP contribution in [0.4, 0.5) is 17.2 Å². The average Bonchev–Trinajstić information content (AvgIpc) is 3.15. The number of H-pyrrole nitrogens is 1. The fraction of sp³-hybridized carbons (Fsp3) is 0.524. The first-order chi connectivity index (χ1) is 15.7. The molecule has 1 fully saturated rings. The minimum atomic E-state index is -3.77. The predicted molar refractivity (Wildman–Crippen MR) is 124 cm³/mol. The first-order valence-corrected chi connectivity index (χ1v) is 12.4. The molecule has 1 unspecified atom stereocenters. The van der Waals surface area contributed by atoms with Gasteiger partial charge >= 0.3 is 0 Å². The molecular weight excluding hydrogens is 446 g/mol. The van der Waals surface area contributed by atoms with Gasteiger partial charge in [0.15, 0.2) is 5.82 Å². The Balaban J connectivity index is 1.57. The Labute approximate surface area is 193 Å². The van der Waals surface area contributed by atoms with Gasteiger partial charge in [0, 0.05) is 25.7 Å². The van der Waals surface area contributed by atoms with Crippen LogP contribution in [0.5, 0.6) is 0 Å². The van der Waals surface area contributed by atoms with Crippen LogP contribution in [0.3, 0.4) is 0 Å². The Hall–Kier alpha value is -3.17. The summed E-state index contributed by atoms with van der Waals surface area (Å²) in [5, 5.41) is 30.3. The quantitative estimate of drug-likeness (QED) is 0.267. The number of nitro benzene ring substituents is 1. The van der Waals surface area contributed by atoms with Crippen LogP contribution in [0, 0.1) is 27.4 Å². The van der Waals surface area contributed by atoms with Crippen molar-refractivity contribution in [2.45, 2.75) is 50.3 Å². The van der Waals surface area contributed by atoms with Gasteiger partial charge in [-0.05, 0) is 50.2 Å². The van der Waals surface area contributed by atoms with Gasteiger partial charge in [0.05, 0.1) is 15.5 Å². The van der Waals surface area contributed by atoms with Gasteiger partial charge in [-0.15, -0.1) is 0 Å². The summed E-state index contributed by atoms with van der Waals surface area (Å²) >= 11 is 0. The molecule has 3 rings (SSSR count). The van der Waals surface area contributed by atoms with Crippen LogP contribution >= 0.6 is 0 Å². The lowest BCUT2D eigenvalue weighted by Crippen LogP contribution is -2.39. The summed E-state index contributed by atoms with van der Waals surface area (Å²) in [7, 11) is -3.77. The highest BCUT2D eigenvalue weighted by atomic mass is 32.2. The van der Waals surface area contributed by atoms with Crippen molar-refractivity contribution in [3.63, 3.8) is 0 Å². The highest BCUT2D eigenvalue weighted by Gasteiger charge is 2.30. The molecule has 0 amide bonds. The maximum atomic E-state index is 13.0. The fourth-order valence-electron chi connectivity index (χ4n) is 4.01. The van der Waals surface area contributed by atoms with E-state index in [1.165, 1.54) is 16.4 Å². The number of nitrogens with one attached hydrogen (secondary N) is 2. The van der Waals surface area contributed by atoms with E-state index in [4.69, 9.17) is 11.0 Å².